The molecule has 0 heterocycles. The van der Waals surface area contributed by atoms with Crippen molar-refractivity contribution in [3.63, 3.8) is 0 Å². The number of nitrogens with two attached hydrogens (primary N) is 1. The summed E-state index contributed by atoms with van der Waals surface area (Å²) in [5.74, 6) is 0.0613. The molecule has 2 aromatic rings. The number of hydrogen-bond donors (Lipinski definition) is 1. The van der Waals surface area contributed by atoms with Gasteiger partial charge in [0, 0.05) is 17.0 Å². The molecule has 0 saturated heterocycles. The fourth-order valence-corrected chi connectivity index (χ4v) is 3.44. The van der Waals surface area contributed by atoms with Crippen molar-refractivity contribution in [1.29, 1.82) is 0 Å². The summed E-state index contributed by atoms with van der Waals surface area (Å²) in [6.07, 6.45) is 0. The summed E-state index contributed by atoms with van der Waals surface area (Å²) in [5, 5.41) is 0. The van der Waals surface area contributed by atoms with Gasteiger partial charge in [-0.05, 0) is 42.7 Å². The van der Waals surface area contributed by atoms with Gasteiger partial charge in [-0.1, -0.05) is 24.3 Å². The van der Waals surface area contributed by atoms with Gasteiger partial charge in [0.05, 0.1) is 16.6 Å². The maximum atomic E-state index is 13.4. The van der Waals surface area contributed by atoms with Gasteiger partial charge in [0.2, 0.25) is 0 Å². The van der Waals surface area contributed by atoms with Crippen LogP contribution in [0.2, 0.25) is 0 Å². The van der Waals surface area contributed by atoms with Crippen LogP contribution in [-0.4, -0.2) is 4.21 Å². The maximum absolute atomic E-state index is 13.4. The van der Waals surface area contributed by atoms with E-state index < -0.39 is 10.8 Å². The van der Waals surface area contributed by atoms with Gasteiger partial charge >= 0.3 is 0 Å². The highest BCUT2D eigenvalue weighted by Gasteiger charge is 2.10. The van der Waals surface area contributed by atoms with Gasteiger partial charge in [-0.3, -0.25) is 4.21 Å². The SMILES string of the molecule is Cc1ccc(C)c(S(=O)Cc2ccc(F)c(CN)c2)c1. The van der Waals surface area contributed by atoms with Crippen molar-refractivity contribution in [1.82, 2.24) is 0 Å². The summed E-state index contributed by atoms with van der Waals surface area (Å²) in [6.45, 7) is 4.07. The Morgan fingerprint density at radius 2 is 1.90 bits per heavy atom. The molecule has 0 saturated carbocycles. The maximum Gasteiger partial charge on any atom is 0.127 e. The van der Waals surface area contributed by atoms with Crippen LogP contribution < -0.4 is 5.73 Å². The predicted molar refractivity (Wildman–Crippen MR) is 80.3 cm³/mol. The molecule has 1 unspecified atom stereocenters. The second-order valence-electron chi connectivity index (χ2n) is 4.89. The lowest BCUT2D eigenvalue weighted by Crippen LogP contribution is -2.03. The molecule has 0 spiro atoms. The van der Waals surface area contributed by atoms with E-state index in [-0.39, 0.29) is 12.4 Å². The molecule has 0 amide bonds. The van der Waals surface area contributed by atoms with Gasteiger partial charge in [0.25, 0.3) is 0 Å². The van der Waals surface area contributed by atoms with Crippen molar-refractivity contribution in [3.8, 4) is 0 Å². The van der Waals surface area contributed by atoms with Crippen molar-refractivity contribution in [2.75, 3.05) is 0 Å². The van der Waals surface area contributed by atoms with Crippen molar-refractivity contribution in [2.24, 2.45) is 5.73 Å². The fraction of sp³-hybridized carbons (Fsp3) is 0.250. The quantitative estimate of drug-likeness (QED) is 0.940. The van der Waals surface area contributed by atoms with E-state index in [1.54, 1.807) is 12.1 Å². The average molecular weight is 291 g/mol. The normalized spacial score (nSPS) is 12.4. The van der Waals surface area contributed by atoms with Crippen molar-refractivity contribution >= 4 is 10.8 Å². The molecule has 2 aromatic carbocycles. The van der Waals surface area contributed by atoms with Crippen molar-refractivity contribution in [3.05, 3.63) is 64.5 Å². The van der Waals surface area contributed by atoms with Crippen molar-refractivity contribution < 1.29 is 8.60 Å². The largest absolute Gasteiger partial charge is 0.326 e. The second-order valence-corrected chi connectivity index (χ2v) is 6.31. The first-order valence-electron chi connectivity index (χ1n) is 6.44. The van der Waals surface area contributed by atoms with Gasteiger partial charge in [-0.2, -0.15) is 0 Å². The minimum atomic E-state index is -1.14. The van der Waals surface area contributed by atoms with Gasteiger partial charge in [-0.25, -0.2) is 4.39 Å². The number of benzene rings is 2. The zero-order valence-corrected chi connectivity index (χ0v) is 12.5. The molecular formula is C16H18FNOS. The van der Waals surface area contributed by atoms with Crippen LogP contribution in [0.4, 0.5) is 4.39 Å². The highest BCUT2D eigenvalue weighted by Crippen LogP contribution is 2.19. The monoisotopic (exact) mass is 291 g/mol. The van der Waals surface area contributed by atoms with E-state index in [9.17, 15) is 8.60 Å². The van der Waals surface area contributed by atoms with Crippen LogP contribution in [0.25, 0.3) is 0 Å². The van der Waals surface area contributed by atoms with Crippen LogP contribution in [0.15, 0.2) is 41.3 Å². The van der Waals surface area contributed by atoms with E-state index in [1.165, 1.54) is 6.07 Å². The summed E-state index contributed by atoms with van der Waals surface area (Å²) in [6, 6.07) is 10.7. The van der Waals surface area contributed by atoms with Gasteiger partial charge in [0.15, 0.2) is 0 Å². The van der Waals surface area contributed by atoms with Crippen LogP contribution in [0.3, 0.4) is 0 Å². The molecular weight excluding hydrogens is 273 g/mol. The lowest BCUT2D eigenvalue weighted by Gasteiger charge is -2.08. The van der Waals surface area contributed by atoms with E-state index >= 15 is 0 Å². The molecule has 0 aliphatic heterocycles. The first-order chi connectivity index (χ1) is 9.51. The first kappa shape index (κ1) is 14.9. The molecule has 1 atom stereocenters. The molecule has 0 fully saturated rings. The van der Waals surface area contributed by atoms with Crippen LogP contribution in [0.5, 0.6) is 0 Å². The van der Waals surface area contributed by atoms with Gasteiger partial charge < -0.3 is 5.73 Å². The Bertz CT molecular complexity index is 655. The molecule has 0 aromatic heterocycles. The van der Waals surface area contributed by atoms with Gasteiger partial charge in [0.1, 0.15) is 5.82 Å². The molecule has 2 nitrogen and oxygen atoms in total. The second kappa shape index (κ2) is 6.29. The molecule has 2 N–H and O–H groups in total. The summed E-state index contributed by atoms with van der Waals surface area (Å²) in [5.41, 5.74) is 8.88. The molecule has 0 aliphatic carbocycles. The topological polar surface area (TPSA) is 43.1 Å². The average Bonchev–Trinajstić information content (AvgIpc) is 2.43. The Hall–Kier alpha value is -1.52. The first-order valence-corrected chi connectivity index (χ1v) is 7.76. The number of hydrogen-bond acceptors (Lipinski definition) is 2. The third-order valence-electron chi connectivity index (χ3n) is 3.22. The Morgan fingerprint density at radius 3 is 2.60 bits per heavy atom. The standard InChI is InChI=1S/C16H18FNOS/c1-11-3-4-12(2)16(7-11)20(19)10-13-5-6-15(17)14(8-13)9-18/h3-8H,9-10,18H2,1-2H3. The molecule has 0 bridgehead atoms. The van der Waals surface area contributed by atoms with E-state index in [1.807, 2.05) is 32.0 Å². The number of aryl methyl sites for hydroxylation is 2. The molecule has 0 aliphatic rings. The third-order valence-corrected chi connectivity index (χ3v) is 4.74. The van der Waals surface area contributed by atoms with E-state index in [2.05, 4.69) is 0 Å². The van der Waals surface area contributed by atoms with Gasteiger partial charge in [-0.15, -0.1) is 0 Å². The summed E-state index contributed by atoms with van der Waals surface area (Å²) in [7, 11) is -1.14. The fourth-order valence-electron chi connectivity index (χ4n) is 2.06. The van der Waals surface area contributed by atoms with Crippen LogP contribution >= 0.6 is 0 Å². The lowest BCUT2D eigenvalue weighted by atomic mass is 10.1. The lowest BCUT2D eigenvalue weighted by molar-refractivity contribution is 0.610. The highest BCUT2D eigenvalue weighted by molar-refractivity contribution is 7.84. The summed E-state index contributed by atoms with van der Waals surface area (Å²) < 4.78 is 25.8. The van der Waals surface area contributed by atoms with E-state index in [0.717, 1.165) is 21.6 Å². The highest BCUT2D eigenvalue weighted by atomic mass is 32.2. The van der Waals surface area contributed by atoms with Crippen LogP contribution in [0.1, 0.15) is 22.3 Å². The molecule has 2 rings (SSSR count). The van der Waals surface area contributed by atoms with E-state index in [0.29, 0.717) is 11.3 Å². The Labute approximate surface area is 121 Å². The smallest absolute Gasteiger partial charge is 0.127 e. The number of rotatable bonds is 4. The molecule has 20 heavy (non-hydrogen) atoms. The predicted octanol–water partition coefficient (Wildman–Crippen LogP) is 3.21. The van der Waals surface area contributed by atoms with Crippen LogP contribution in [-0.2, 0) is 23.1 Å². The Balaban J connectivity index is 2.25. The van der Waals surface area contributed by atoms with Crippen LogP contribution in [0, 0.1) is 19.7 Å². The Morgan fingerprint density at radius 1 is 1.15 bits per heavy atom. The molecule has 0 radical (unpaired) electrons. The zero-order valence-electron chi connectivity index (χ0n) is 11.7. The zero-order chi connectivity index (χ0) is 14.7. The third kappa shape index (κ3) is 3.32. The summed E-state index contributed by atoms with van der Waals surface area (Å²) >= 11 is 0. The Kier molecular flexibility index (Phi) is 4.68. The minimum Gasteiger partial charge on any atom is -0.326 e. The number of halogens is 1. The summed E-state index contributed by atoms with van der Waals surface area (Å²) in [4.78, 5) is 0.837. The molecule has 4 heteroatoms. The minimum absolute atomic E-state index is 0.149. The van der Waals surface area contributed by atoms with E-state index in [4.69, 9.17) is 5.73 Å². The molecule has 106 valence electrons. The van der Waals surface area contributed by atoms with Crippen molar-refractivity contribution in [2.45, 2.75) is 31.0 Å².